The Morgan fingerprint density at radius 1 is 0.718 bits per heavy atom. The molecule has 0 aliphatic heterocycles. The SMILES string of the molecule is CCCCCCCCCCc1cnc(-c2ccc(OC(=O)CCC3CCC(CCCCCC)CC3)cc2)nc1. The van der Waals surface area contributed by atoms with Crippen molar-refractivity contribution in [2.24, 2.45) is 11.8 Å². The number of hydrogen-bond acceptors (Lipinski definition) is 4. The molecule has 0 bridgehead atoms. The zero-order valence-electron chi connectivity index (χ0n) is 25.0. The van der Waals surface area contributed by atoms with Crippen molar-refractivity contribution < 1.29 is 9.53 Å². The number of carbonyl (C=O) groups excluding carboxylic acids is 1. The second-order valence-corrected chi connectivity index (χ2v) is 11.9. The quantitative estimate of drug-likeness (QED) is 0.102. The molecule has 216 valence electrons. The highest BCUT2D eigenvalue weighted by Gasteiger charge is 2.21. The van der Waals surface area contributed by atoms with Crippen molar-refractivity contribution in [3.05, 3.63) is 42.2 Å². The van der Waals surface area contributed by atoms with Crippen LogP contribution in [0, 0.1) is 11.8 Å². The van der Waals surface area contributed by atoms with Gasteiger partial charge in [-0.25, -0.2) is 9.97 Å². The minimum atomic E-state index is -0.119. The Morgan fingerprint density at radius 3 is 1.87 bits per heavy atom. The molecular formula is C35H54N2O2. The Kier molecular flexibility index (Phi) is 15.2. The molecular weight excluding hydrogens is 480 g/mol. The summed E-state index contributed by atoms with van der Waals surface area (Å²) in [6.45, 7) is 4.54. The molecule has 4 heteroatoms. The largest absolute Gasteiger partial charge is 0.427 e. The lowest BCUT2D eigenvalue weighted by Gasteiger charge is -2.28. The van der Waals surface area contributed by atoms with Crippen molar-refractivity contribution in [3.8, 4) is 17.1 Å². The van der Waals surface area contributed by atoms with Crippen LogP contribution in [-0.2, 0) is 11.2 Å². The van der Waals surface area contributed by atoms with Crippen molar-refractivity contribution in [2.45, 2.75) is 142 Å². The Labute approximate surface area is 238 Å². The lowest BCUT2D eigenvalue weighted by molar-refractivity contribution is -0.134. The van der Waals surface area contributed by atoms with E-state index in [-0.39, 0.29) is 5.97 Å². The average Bonchev–Trinajstić information content (AvgIpc) is 2.97. The molecule has 0 spiro atoms. The highest BCUT2D eigenvalue weighted by molar-refractivity contribution is 5.72. The number of aromatic nitrogens is 2. The molecule has 1 aromatic carbocycles. The molecule has 1 aromatic heterocycles. The molecule has 0 radical (unpaired) electrons. The fourth-order valence-corrected chi connectivity index (χ4v) is 5.94. The molecule has 4 nitrogen and oxygen atoms in total. The van der Waals surface area contributed by atoms with Crippen LogP contribution in [0.2, 0.25) is 0 Å². The number of rotatable bonds is 19. The van der Waals surface area contributed by atoms with Crippen LogP contribution in [-0.4, -0.2) is 15.9 Å². The summed E-state index contributed by atoms with van der Waals surface area (Å²) in [6, 6.07) is 7.60. The molecule has 1 aliphatic carbocycles. The van der Waals surface area contributed by atoms with Gasteiger partial charge in [-0.1, -0.05) is 117 Å². The third-order valence-corrected chi connectivity index (χ3v) is 8.56. The number of esters is 1. The lowest BCUT2D eigenvalue weighted by atomic mass is 9.78. The van der Waals surface area contributed by atoms with Gasteiger partial charge in [0.2, 0.25) is 0 Å². The minimum absolute atomic E-state index is 0.119. The van der Waals surface area contributed by atoms with Gasteiger partial charge < -0.3 is 4.74 Å². The van der Waals surface area contributed by atoms with E-state index in [2.05, 4.69) is 23.8 Å². The number of carbonyl (C=O) groups is 1. The zero-order chi connectivity index (χ0) is 27.5. The number of aryl methyl sites for hydroxylation is 1. The van der Waals surface area contributed by atoms with Crippen LogP contribution >= 0.6 is 0 Å². The van der Waals surface area contributed by atoms with Gasteiger partial charge in [-0.05, 0) is 60.9 Å². The second kappa shape index (κ2) is 19.0. The van der Waals surface area contributed by atoms with E-state index in [1.165, 1.54) is 115 Å². The number of benzene rings is 1. The Morgan fingerprint density at radius 2 is 1.26 bits per heavy atom. The zero-order valence-corrected chi connectivity index (χ0v) is 25.0. The first kappa shape index (κ1) is 31.3. The van der Waals surface area contributed by atoms with Gasteiger partial charge in [0.05, 0.1) is 0 Å². The standard InChI is InChI=1S/C35H54N2O2/c1-3-5-7-9-10-11-12-14-16-31-27-36-35(37-28-31)32-22-24-33(25-23-32)39-34(38)26-21-30-19-17-29(18-20-30)15-13-8-6-4-2/h22-25,27-30H,3-21,26H2,1-2H3. The molecule has 39 heavy (non-hydrogen) atoms. The van der Waals surface area contributed by atoms with E-state index in [1.807, 2.05) is 36.7 Å². The summed E-state index contributed by atoms with van der Waals surface area (Å²) in [5.74, 6) is 2.80. The molecule has 0 saturated heterocycles. The number of hydrogen-bond donors (Lipinski definition) is 0. The Balaban J connectivity index is 1.30. The summed E-state index contributed by atoms with van der Waals surface area (Å²) in [5.41, 5.74) is 2.15. The van der Waals surface area contributed by atoms with Gasteiger partial charge in [-0.3, -0.25) is 4.79 Å². The summed E-state index contributed by atoms with van der Waals surface area (Å²) < 4.78 is 5.62. The van der Waals surface area contributed by atoms with E-state index < -0.39 is 0 Å². The van der Waals surface area contributed by atoms with Crippen molar-refractivity contribution in [3.63, 3.8) is 0 Å². The molecule has 0 unspecified atom stereocenters. The van der Waals surface area contributed by atoms with Gasteiger partial charge in [-0.2, -0.15) is 0 Å². The van der Waals surface area contributed by atoms with E-state index in [1.54, 1.807) is 0 Å². The Hall–Kier alpha value is -2.23. The first-order valence-electron chi connectivity index (χ1n) is 16.3. The first-order chi connectivity index (χ1) is 19.2. The molecule has 1 fully saturated rings. The topological polar surface area (TPSA) is 52.1 Å². The fraction of sp³-hybridized carbons (Fsp3) is 0.686. The van der Waals surface area contributed by atoms with Gasteiger partial charge in [0.1, 0.15) is 5.75 Å². The van der Waals surface area contributed by atoms with Gasteiger partial charge in [0.15, 0.2) is 5.82 Å². The van der Waals surface area contributed by atoms with E-state index in [0.717, 1.165) is 24.3 Å². The third-order valence-electron chi connectivity index (χ3n) is 8.56. The predicted octanol–water partition coefficient (Wildman–Crippen LogP) is 10.3. The summed E-state index contributed by atoms with van der Waals surface area (Å²) >= 11 is 0. The molecule has 1 aliphatic rings. The monoisotopic (exact) mass is 534 g/mol. The maximum atomic E-state index is 12.5. The lowest BCUT2D eigenvalue weighted by Crippen LogP contribution is -2.17. The highest BCUT2D eigenvalue weighted by Crippen LogP contribution is 2.34. The average molecular weight is 535 g/mol. The normalized spacial score (nSPS) is 17.3. The number of ether oxygens (including phenoxy) is 1. The van der Waals surface area contributed by atoms with Crippen LogP contribution in [0.1, 0.15) is 141 Å². The molecule has 0 N–H and O–H groups in total. The minimum Gasteiger partial charge on any atom is -0.427 e. The third kappa shape index (κ3) is 12.7. The molecule has 3 rings (SSSR count). The molecule has 1 heterocycles. The van der Waals surface area contributed by atoms with Crippen LogP contribution in [0.15, 0.2) is 36.7 Å². The van der Waals surface area contributed by atoms with Gasteiger partial charge in [-0.15, -0.1) is 0 Å². The second-order valence-electron chi connectivity index (χ2n) is 11.9. The first-order valence-corrected chi connectivity index (χ1v) is 16.3. The number of nitrogens with zero attached hydrogens (tertiary/aromatic N) is 2. The predicted molar refractivity (Wildman–Crippen MR) is 163 cm³/mol. The maximum Gasteiger partial charge on any atom is 0.311 e. The molecule has 2 aromatic rings. The maximum absolute atomic E-state index is 12.5. The summed E-state index contributed by atoms with van der Waals surface area (Å²) in [6.07, 6.45) is 29.2. The molecule has 0 amide bonds. The van der Waals surface area contributed by atoms with Crippen LogP contribution < -0.4 is 4.74 Å². The van der Waals surface area contributed by atoms with Crippen molar-refractivity contribution in [2.75, 3.05) is 0 Å². The van der Waals surface area contributed by atoms with Crippen molar-refractivity contribution in [1.29, 1.82) is 0 Å². The van der Waals surface area contributed by atoms with Crippen LogP contribution in [0.25, 0.3) is 11.4 Å². The fourth-order valence-electron chi connectivity index (χ4n) is 5.94. The van der Waals surface area contributed by atoms with E-state index >= 15 is 0 Å². The Bertz CT molecular complexity index is 901. The summed E-state index contributed by atoms with van der Waals surface area (Å²) in [5, 5.41) is 0. The van der Waals surface area contributed by atoms with Gasteiger partial charge >= 0.3 is 5.97 Å². The van der Waals surface area contributed by atoms with E-state index in [4.69, 9.17) is 4.74 Å². The van der Waals surface area contributed by atoms with Gasteiger partial charge in [0, 0.05) is 24.4 Å². The van der Waals surface area contributed by atoms with E-state index in [9.17, 15) is 4.79 Å². The molecule has 0 atom stereocenters. The van der Waals surface area contributed by atoms with Gasteiger partial charge in [0.25, 0.3) is 0 Å². The smallest absolute Gasteiger partial charge is 0.311 e. The van der Waals surface area contributed by atoms with E-state index in [0.29, 0.717) is 23.9 Å². The summed E-state index contributed by atoms with van der Waals surface area (Å²) in [4.78, 5) is 21.6. The van der Waals surface area contributed by atoms with Crippen molar-refractivity contribution in [1.82, 2.24) is 9.97 Å². The van der Waals surface area contributed by atoms with Crippen LogP contribution in [0.4, 0.5) is 0 Å². The molecule has 1 saturated carbocycles. The summed E-state index contributed by atoms with van der Waals surface area (Å²) in [7, 11) is 0. The highest BCUT2D eigenvalue weighted by atomic mass is 16.5. The number of unbranched alkanes of at least 4 members (excludes halogenated alkanes) is 10. The van der Waals surface area contributed by atoms with Crippen molar-refractivity contribution >= 4 is 5.97 Å². The van der Waals surface area contributed by atoms with Crippen LogP contribution in [0.3, 0.4) is 0 Å². The van der Waals surface area contributed by atoms with Crippen LogP contribution in [0.5, 0.6) is 5.75 Å².